The van der Waals surface area contributed by atoms with Gasteiger partial charge in [-0.25, -0.2) is 9.78 Å². The lowest BCUT2D eigenvalue weighted by Gasteiger charge is -2.22. The summed E-state index contributed by atoms with van der Waals surface area (Å²) in [5.74, 6) is -0.743. The third-order valence-corrected chi connectivity index (χ3v) is 6.40. The molecule has 1 aliphatic rings. The van der Waals surface area contributed by atoms with Crippen molar-refractivity contribution in [2.45, 2.75) is 19.4 Å². The SMILES string of the molecule is CC1Cc2ccccc2N1C(=O)COC(=O)c1cc(-c2cccs2)nc2ccccc12. The van der Waals surface area contributed by atoms with Crippen molar-refractivity contribution in [1.29, 1.82) is 0 Å². The van der Waals surface area contributed by atoms with Gasteiger partial charge in [-0.3, -0.25) is 4.79 Å². The quantitative estimate of drug-likeness (QED) is 0.425. The molecular formula is C25H20N2O3S. The number of fused-ring (bicyclic) bond motifs is 2. The van der Waals surface area contributed by atoms with E-state index < -0.39 is 5.97 Å². The highest BCUT2D eigenvalue weighted by molar-refractivity contribution is 7.13. The van der Waals surface area contributed by atoms with Crippen LogP contribution in [0.25, 0.3) is 21.5 Å². The van der Waals surface area contributed by atoms with Gasteiger partial charge < -0.3 is 9.64 Å². The number of rotatable bonds is 4. The molecule has 0 N–H and O–H groups in total. The second-order valence-corrected chi connectivity index (χ2v) is 8.52. The average Bonchev–Trinajstić information content (AvgIpc) is 3.44. The van der Waals surface area contributed by atoms with Crippen LogP contribution in [-0.4, -0.2) is 29.5 Å². The molecule has 0 saturated heterocycles. The molecule has 3 heterocycles. The number of nitrogens with zero attached hydrogens (tertiary/aromatic N) is 2. The van der Waals surface area contributed by atoms with E-state index in [1.54, 1.807) is 22.3 Å². The van der Waals surface area contributed by atoms with Gasteiger partial charge in [0.15, 0.2) is 6.61 Å². The summed E-state index contributed by atoms with van der Waals surface area (Å²) in [7, 11) is 0. The number of esters is 1. The lowest BCUT2D eigenvalue weighted by molar-refractivity contribution is -0.122. The molecule has 2 aromatic carbocycles. The predicted octanol–water partition coefficient (Wildman–Crippen LogP) is 5.10. The van der Waals surface area contributed by atoms with Gasteiger partial charge >= 0.3 is 5.97 Å². The number of hydrogen-bond acceptors (Lipinski definition) is 5. The Labute approximate surface area is 183 Å². The summed E-state index contributed by atoms with van der Waals surface area (Å²) in [4.78, 5) is 33.3. The summed E-state index contributed by atoms with van der Waals surface area (Å²) in [6.07, 6.45) is 0.801. The van der Waals surface area contributed by atoms with E-state index in [2.05, 4.69) is 4.98 Å². The third kappa shape index (κ3) is 3.59. The Kier molecular flexibility index (Phi) is 5.00. The van der Waals surface area contributed by atoms with Crippen LogP contribution in [0.1, 0.15) is 22.8 Å². The van der Waals surface area contributed by atoms with E-state index in [9.17, 15) is 9.59 Å². The van der Waals surface area contributed by atoms with Crippen molar-refractivity contribution in [2.75, 3.05) is 11.5 Å². The van der Waals surface area contributed by atoms with Crippen molar-refractivity contribution in [3.05, 3.63) is 83.2 Å². The maximum absolute atomic E-state index is 13.0. The molecule has 31 heavy (non-hydrogen) atoms. The van der Waals surface area contributed by atoms with Gasteiger partial charge in [0.25, 0.3) is 5.91 Å². The molecule has 1 atom stereocenters. The van der Waals surface area contributed by atoms with Gasteiger partial charge in [-0.1, -0.05) is 42.5 Å². The van der Waals surface area contributed by atoms with Crippen LogP contribution >= 0.6 is 11.3 Å². The highest BCUT2D eigenvalue weighted by Crippen LogP contribution is 2.32. The topological polar surface area (TPSA) is 59.5 Å². The molecule has 5 nitrogen and oxygen atoms in total. The summed E-state index contributed by atoms with van der Waals surface area (Å²) in [6.45, 7) is 1.70. The van der Waals surface area contributed by atoms with Crippen molar-refractivity contribution < 1.29 is 14.3 Å². The summed E-state index contributed by atoms with van der Waals surface area (Å²) in [6, 6.07) is 21.0. The Bertz CT molecular complexity index is 1280. The number of carbonyl (C=O) groups is 2. The van der Waals surface area contributed by atoms with E-state index in [4.69, 9.17) is 4.74 Å². The van der Waals surface area contributed by atoms with E-state index in [0.717, 1.165) is 22.5 Å². The zero-order valence-electron chi connectivity index (χ0n) is 16.9. The Morgan fingerprint density at radius 3 is 2.74 bits per heavy atom. The summed E-state index contributed by atoms with van der Waals surface area (Å²) in [5, 5.41) is 2.68. The van der Waals surface area contributed by atoms with Crippen molar-refractivity contribution in [3.63, 3.8) is 0 Å². The molecule has 5 rings (SSSR count). The molecular weight excluding hydrogens is 408 g/mol. The number of anilines is 1. The van der Waals surface area contributed by atoms with Crippen LogP contribution < -0.4 is 4.90 Å². The second-order valence-electron chi connectivity index (χ2n) is 7.57. The zero-order chi connectivity index (χ0) is 21.4. The minimum absolute atomic E-state index is 0.0378. The molecule has 154 valence electrons. The number of benzene rings is 2. The highest BCUT2D eigenvalue weighted by Gasteiger charge is 2.31. The van der Waals surface area contributed by atoms with E-state index in [0.29, 0.717) is 22.2 Å². The van der Waals surface area contributed by atoms with Crippen LogP contribution in [0.4, 0.5) is 5.69 Å². The van der Waals surface area contributed by atoms with Crippen LogP contribution in [0.5, 0.6) is 0 Å². The van der Waals surface area contributed by atoms with Gasteiger partial charge in [0.05, 0.1) is 21.7 Å². The largest absolute Gasteiger partial charge is 0.452 e. The second kappa shape index (κ2) is 7.96. The van der Waals surface area contributed by atoms with Crippen LogP contribution in [0.15, 0.2) is 72.1 Å². The zero-order valence-corrected chi connectivity index (χ0v) is 17.8. The highest BCUT2D eigenvalue weighted by atomic mass is 32.1. The summed E-state index contributed by atoms with van der Waals surface area (Å²) >= 11 is 1.56. The molecule has 0 aliphatic carbocycles. The van der Waals surface area contributed by atoms with E-state index in [1.807, 2.05) is 73.0 Å². The molecule has 0 bridgehead atoms. The minimum atomic E-state index is -0.523. The molecule has 1 amide bonds. The predicted molar refractivity (Wildman–Crippen MR) is 122 cm³/mol. The van der Waals surface area contributed by atoms with E-state index in [-0.39, 0.29) is 18.6 Å². The molecule has 0 fully saturated rings. The fraction of sp³-hybridized carbons (Fsp3) is 0.160. The monoisotopic (exact) mass is 428 g/mol. The van der Waals surface area contributed by atoms with E-state index in [1.165, 1.54) is 0 Å². The first kappa shape index (κ1) is 19.5. The lowest BCUT2D eigenvalue weighted by atomic mass is 10.1. The van der Waals surface area contributed by atoms with Crippen molar-refractivity contribution in [3.8, 4) is 10.6 Å². The van der Waals surface area contributed by atoms with Gasteiger partial charge in [0.1, 0.15) is 0 Å². The van der Waals surface area contributed by atoms with Gasteiger partial charge in [-0.15, -0.1) is 11.3 Å². The lowest BCUT2D eigenvalue weighted by Crippen LogP contribution is -2.38. The number of pyridine rings is 1. The van der Waals surface area contributed by atoms with E-state index >= 15 is 0 Å². The Balaban J connectivity index is 1.40. The Hall–Kier alpha value is -3.51. The minimum Gasteiger partial charge on any atom is -0.452 e. The number of ether oxygens (including phenoxy) is 1. The van der Waals surface area contributed by atoms with Crippen molar-refractivity contribution in [1.82, 2.24) is 4.98 Å². The number of thiophene rings is 1. The maximum Gasteiger partial charge on any atom is 0.339 e. The number of aromatic nitrogens is 1. The number of amides is 1. The standard InChI is InChI=1S/C25H20N2O3S/c1-16-13-17-7-2-5-10-22(17)27(16)24(28)15-30-25(29)19-14-21(23-11-6-12-31-23)26-20-9-4-3-8-18(19)20/h2-12,14,16H,13,15H2,1H3. The van der Waals surface area contributed by atoms with Gasteiger partial charge in [-0.05, 0) is 48.6 Å². The van der Waals surface area contributed by atoms with Gasteiger partial charge in [-0.2, -0.15) is 0 Å². The summed E-state index contributed by atoms with van der Waals surface area (Å²) < 4.78 is 5.49. The van der Waals surface area contributed by atoms with Gasteiger partial charge in [0.2, 0.25) is 0 Å². The van der Waals surface area contributed by atoms with Crippen LogP contribution in [0, 0.1) is 0 Å². The normalized spacial score (nSPS) is 15.1. The van der Waals surface area contributed by atoms with Crippen molar-refractivity contribution >= 4 is 39.8 Å². The molecule has 0 spiro atoms. The first-order valence-corrected chi connectivity index (χ1v) is 11.0. The molecule has 0 saturated carbocycles. The number of hydrogen-bond donors (Lipinski definition) is 0. The number of carbonyl (C=O) groups excluding carboxylic acids is 2. The van der Waals surface area contributed by atoms with Crippen LogP contribution in [0.3, 0.4) is 0 Å². The van der Waals surface area contributed by atoms with Crippen molar-refractivity contribution in [2.24, 2.45) is 0 Å². The molecule has 6 heteroatoms. The average molecular weight is 429 g/mol. The molecule has 1 unspecified atom stereocenters. The Morgan fingerprint density at radius 1 is 1.10 bits per heavy atom. The fourth-order valence-corrected chi connectivity index (χ4v) is 4.80. The fourth-order valence-electron chi connectivity index (χ4n) is 4.11. The summed E-state index contributed by atoms with van der Waals surface area (Å²) in [5.41, 5.74) is 3.88. The third-order valence-electron chi connectivity index (χ3n) is 5.51. The first-order chi connectivity index (χ1) is 15.1. The first-order valence-electron chi connectivity index (χ1n) is 10.1. The van der Waals surface area contributed by atoms with Crippen LogP contribution in [0.2, 0.25) is 0 Å². The molecule has 0 radical (unpaired) electrons. The smallest absolute Gasteiger partial charge is 0.339 e. The molecule has 1 aliphatic heterocycles. The van der Waals surface area contributed by atoms with Crippen LogP contribution in [-0.2, 0) is 16.0 Å². The maximum atomic E-state index is 13.0. The Morgan fingerprint density at radius 2 is 1.90 bits per heavy atom. The number of para-hydroxylation sites is 2. The van der Waals surface area contributed by atoms with Gasteiger partial charge in [0, 0.05) is 17.1 Å². The molecule has 2 aromatic heterocycles. The molecule has 4 aromatic rings.